The van der Waals surface area contributed by atoms with Gasteiger partial charge in [-0.1, -0.05) is 30.7 Å². The van der Waals surface area contributed by atoms with Crippen LogP contribution in [0.25, 0.3) is 0 Å². The van der Waals surface area contributed by atoms with E-state index in [0.29, 0.717) is 0 Å². The summed E-state index contributed by atoms with van der Waals surface area (Å²) in [6, 6.07) is 11.1. The Labute approximate surface area is 126 Å². The van der Waals surface area contributed by atoms with E-state index in [1.54, 1.807) is 11.3 Å². The Hall–Kier alpha value is -0.680. The summed E-state index contributed by atoms with van der Waals surface area (Å²) in [5, 5.41) is 2.09. The zero-order valence-electron chi connectivity index (χ0n) is 10.6. The summed E-state index contributed by atoms with van der Waals surface area (Å²) in [5.41, 5.74) is 5.61. The van der Waals surface area contributed by atoms with Gasteiger partial charge >= 0.3 is 0 Å². The predicted octanol–water partition coefficient (Wildman–Crippen LogP) is 4.33. The highest BCUT2D eigenvalue weighted by atomic mass is 79.9. The molecular weight excluding hydrogens is 320 g/mol. The molecule has 4 heteroatoms. The third-order valence-electron chi connectivity index (χ3n) is 3.89. The average Bonchev–Trinajstić information content (AvgIpc) is 2.77. The number of rotatable bonds is 4. The number of hydrogen-bond acceptors (Lipinski definition) is 3. The molecule has 1 saturated carbocycles. The summed E-state index contributed by atoms with van der Waals surface area (Å²) in [5.74, 6) is 6.51. The Balaban J connectivity index is 1.83. The van der Waals surface area contributed by atoms with Gasteiger partial charge in [0.05, 0.1) is 6.04 Å². The van der Waals surface area contributed by atoms with E-state index in [9.17, 15) is 0 Å². The fourth-order valence-electron chi connectivity index (χ4n) is 2.52. The van der Waals surface area contributed by atoms with E-state index in [0.717, 1.165) is 10.4 Å². The van der Waals surface area contributed by atoms with Crippen molar-refractivity contribution in [2.24, 2.45) is 5.84 Å². The number of hydrogen-bond donors (Lipinski definition) is 2. The van der Waals surface area contributed by atoms with Gasteiger partial charge in [0, 0.05) is 14.7 Å². The topological polar surface area (TPSA) is 38.0 Å². The number of nitrogens with one attached hydrogen (secondary N) is 1. The second kappa shape index (κ2) is 5.75. The first-order valence-electron chi connectivity index (χ1n) is 6.58. The second-order valence-corrected chi connectivity index (χ2v) is 6.92. The van der Waals surface area contributed by atoms with Crippen molar-refractivity contribution in [3.63, 3.8) is 0 Å². The fraction of sp³-hybridized carbons (Fsp3) is 0.333. The van der Waals surface area contributed by atoms with Crippen LogP contribution in [-0.2, 0) is 0 Å². The molecule has 0 bridgehead atoms. The van der Waals surface area contributed by atoms with E-state index in [4.69, 9.17) is 5.84 Å². The Morgan fingerprint density at radius 2 is 2.00 bits per heavy atom. The van der Waals surface area contributed by atoms with E-state index in [1.807, 2.05) is 0 Å². The quantitative estimate of drug-likeness (QED) is 0.644. The molecule has 2 nitrogen and oxygen atoms in total. The first kappa shape index (κ1) is 13.3. The van der Waals surface area contributed by atoms with Crippen molar-refractivity contribution < 1.29 is 0 Å². The highest BCUT2D eigenvalue weighted by molar-refractivity contribution is 9.10. The lowest BCUT2D eigenvalue weighted by molar-refractivity contribution is 0.419. The van der Waals surface area contributed by atoms with E-state index in [-0.39, 0.29) is 6.04 Å². The molecule has 100 valence electrons. The van der Waals surface area contributed by atoms with E-state index < -0.39 is 0 Å². The highest BCUT2D eigenvalue weighted by Crippen LogP contribution is 2.37. The molecule has 3 rings (SSSR count). The molecule has 0 spiro atoms. The molecule has 1 unspecified atom stereocenters. The van der Waals surface area contributed by atoms with Gasteiger partial charge in [-0.15, -0.1) is 11.3 Å². The van der Waals surface area contributed by atoms with Crippen molar-refractivity contribution in [2.45, 2.75) is 31.2 Å². The molecule has 1 aromatic carbocycles. The summed E-state index contributed by atoms with van der Waals surface area (Å²) >= 11 is 5.21. The molecule has 1 heterocycles. The van der Waals surface area contributed by atoms with Crippen LogP contribution >= 0.6 is 27.3 Å². The predicted molar refractivity (Wildman–Crippen MR) is 84.2 cm³/mol. The van der Waals surface area contributed by atoms with Crippen LogP contribution in [0, 0.1) is 0 Å². The van der Waals surface area contributed by atoms with E-state index in [2.05, 4.69) is 57.1 Å². The van der Waals surface area contributed by atoms with Crippen LogP contribution in [0.3, 0.4) is 0 Å². The number of halogens is 1. The highest BCUT2D eigenvalue weighted by Gasteiger charge is 2.20. The Morgan fingerprint density at radius 3 is 2.47 bits per heavy atom. The van der Waals surface area contributed by atoms with Gasteiger partial charge in [0.2, 0.25) is 0 Å². The van der Waals surface area contributed by atoms with Crippen LogP contribution < -0.4 is 11.3 Å². The van der Waals surface area contributed by atoms with Crippen LogP contribution in [0.2, 0.25) is 0 Å². The van der Waals surface area contributed by atoms with Crippen molar-refractivity contribution >= 4 is 27.3 Å². The molecule has 1 fully saturated rings. The molecule has 3 N–H and O–H groups in total. The minimum atomic E-state index is 0.0757. The lowest BCUT2D eigenvalue weighted by Gasteiger charge is -2.26. The molecule has 2 aromatic rings. The second-order valence-electron chi connectivity index (χ2n) is 5.06. The monoisotopic (exact) mass is 336 g/mol. The van der Waals surface area contributed by atoms with Crippen LogP contribution in [0.1, 0.15) is 47.2 Å². The number of thiophene rings is 1. The SMILES string of the molecule is NNC(c1ccc(C2CCC2)cc1)c1cc(Br)cs1. The van der Waals surface area contributed by atoms with Gasteiger partial charge in [-0.3, -0.25) is 5.84 Å². The molecule has 1 aliphatic rings. The van der Waals surface area contributed by atoms with E-state index in [1.165, 1.54) is 35.3 Å². The smallest absolute Gasteiger partial charge is 0.0802 e. The summed E-state index contributed by atoms with van der Waals surface area (Å²) in [6.07, 6.45) is 4.06. The van der Waals surface area contributed by atoms with Gasteiger partial charge in [0.25, 0.3) is 0 Å². The standard InChI is InChI=1S/C15H17BrN2S/c16-13-8-14(19-9-13)15(18-17)12-6-4-11(5-7-12)10-2-1-3-10/h4-10,15,18H,1-3,17H2. The maximum atomic E-state index is 5.72. The normalized spacial score (nSPS) is 17.2. The van der Waals surface area contributed by atoms with Crippen LogP contribution in [0.5, 0.6) is 0 Å². The lowest BCUT2D eigenvalue weighted by Crippen LogP contribution is -2.28. The van der Waals surface area contributed by atoms with Gasteiger partial charge in [-0.25, -0.2) is 5.43 Å². The van der Waals surface area contributed by atoms with Crippen LogP contribution in [-0.4, -0.2) is 0 Å². The van der Waals surface area contributed by atoms with Crippen molar-refractivity contribution in [2.75, 3.05) is 0 Å². The number of nitrogens with two attached hydrogens (primary N) is 1. The van der Waals surface area contributed by atoms with Gasteiger partial charge in [0.15, 0.2) is 0 Å². The molecular formula is C15H17BrN2S. The van der Waals surface area contributed by atoms with Crippen LogP contribution in [0.15, 0.2) is 40.2 Å². The molecule has 1 aromatic heterocycles. The molecule has 0 saturated heterocycles. The third-order valence-corrected chi connectivity index (χ3v) is 5.64. The Kier molecular flexibility index (Phi) is 4.03. The molecule has 19 heavy (non-hydrogen) atoms. The van der Waals surface area contributed by atoms with Gasteiger partial charge in [0.1, 0.15) is 0 Å². The summed E-state index contributed by atoms with van der Waals surface area (Å²) in [7, 11) is 0. The first-order valence-corrected chi connectivity index (χ1v) is 8.25. The Morgan fingerprint density at radius 1 is 1.26 bits per heavy atom. The van der Waals surface area contributed by atoms with Crippen molar-refractivity contribution in [3.05, 3.63) is 56.2 Å². The molecule has 0 radical (unpaired) electrons. The summed E-state index contributed by atoms with van der Waals surface area (Å²) in [4.78, 5) is 1.23. The Bertz CT molecular complexity index is 546. The van der Waals surface area contributed by atoms with Gasteiger partial charge in [-0.2, -0.15) is 0 Å². The lowest BCUT2D eigenvalue weighted by atomic mass is 9.80. The van der Waals surface area contributed by atoms with Gasteiger partial charge in [-0.05, 0) is 51.9 Å². The minimum Gasteiger partial charge on any atom is -0.271 e. The fourth-order valence-corrected chi connectivity index (χ4v) is 4.05. The summed E-state index contributed by atoms with van der Waals surface area (Å²) < 4.78 is 1.11. The minimum absolute atomic E-state index is 0.0757. The number of benzene rings is 1. The van der Waals surface area contributed by atoms with Crippen molar-refractivity contribution in [1.29, 1.82) is 0 Å². The average molecular weight is 337 g/mol. The zero-order chi connectivity index (χ0) is 13.2. The van der Waals surface area contributed by atoms with E-state index >= 15 is 0 Å². The zero-order valence-corrected chi connectivity index (χ0v) is 13.0. The molecule has 1 aliphatic carbocycles. The van der Waals surface area contributed by atoms with Crippen molar-refractivity contribution in [3.8, 4) is 0 Å². The van der Waals surface area contributed by atoms with Crippen molar-refractivity contribution in [1.82, 2.24) is 5.43 Å². The first-order chi connectivity index (χ1) is 9.28. The molecule has 0 aliphatic heterocycles. The molecule has 1 atom stereocenters. The van der Waals surface area contributed by atoms with Crippen LogP contribution in [0.4, 0.5) is 0 Å². The third kappa shape index (κ3) is 2.77. The largest absolute Gasteiger partial charge is 0.271 e. The maximum Gasteiger partial charge on any atom is 0.0802 e. The number of hydrazine groups is 1. The maximum absolute atomic E-state index is 5.72. The van der Waals surface area contributed by atoms with Gasteiger partial charge < -0.3 is 0 Å². The summed E-state index contributed by atoms with van der Waals surface area (Å²) in [6.45, 7) is 0. The molecule has 0 amide bonds.